The number of benzene rings is 1. The maximum absolute atomic E-state index is 8.36. The summed E-state index contributed by atoms with van der Waals surface area (Å²) in [5.74, 6) is 0.826. The van der Waals surface area contributed by atoms with Gasteiger partial charge in [-0.2, -0.15) is 0 Å². The second kappa shape index (κ2) is 5.66. The van der Waals surface area contributed by atoms with Crippen LogP contribution in [-0.4, -0.2) is 11.6 Å². The average Bonchev–Trinajstić information content (AvgIpc) is 2.07. The molecule has 2 nitrogen and oxygen atoms in total. The topological polar surface area (TPSA) is 37.3 Å². The third-order valence-electron chi connectivity index (χ3n) is 2.45. The predicted molar refractivity (Wildman–Crippen MR) is 56.7 cm³/mol. The number of halogens is 1. The van der Waals surface area contributed by atoms with Crippen LogP contribution in [0.4, 0.5) is 0 Å². The van der Waals surface area contributed by atoms with E-state index in [1.807, 2.05) is 12.1 Å². The van der Waals surface area contributed by atoms with Crippen molar-refractivity contribution in [2.45, 2.75) is 25.2 Å². The molecule has 14 heavy (non-hydrogen) atoms. The first-order chi connectivity index (χ1) is 6.77. The molecule has 1 aliphatic rings. The van der Waals surface area contributed by atoms with Crippen molar-refractivity contribution in [2.75, 3.05) is 0 Å². The van der Waals surface area contributed by atoms with Gasteiger partial charge in [0.15, 0.2) is 0 Å². The fraction of sp³-hybridized carbons (Fsp3) is 0.364. The molecule has 1 fully saturated rings. The van der Waals surface area contributed by atoms with Crippen LogP contribution in [0.15, 0.2) is 24.3 Å². The Morgan fingerprint density at radius 1 is 1.29 bits per heavy atom. The van der Waals surface area contributed by atoms with Crippen LogP contribution in [0.2, 0.25) is 5.02 Å². The zero-order valence-electron chi connectivity index (χ0n) is 7.82. The van der Waals surface area contributed by atoms with Crippen molar-refractivity contribution < 1.29 is 9.90 Å². The van der Waals surface area contributed by atoms with Gasteiger partial charge >= 0.3 is 0 Å². The van der Waals surface area contributed by atoms with Crippen LogP contribution in [0.25, 0.3) is 0 Å². The molecule has 2 rings (SSSR count). The molecule has 1 aliphatic carbocycles. The van der Waals surface area contributed by atoms with Gasteiger partial charge in [0.1, 0.15) is 0 Å². The van der Waals surface area contributed by atoms with Gasteiger partial charge < -0.3 is 5.11 Å². The molecule has 0 saturated heterocycles. The lowest BCUT2D eigenvalue weighted by molar-refractivity contribution is -0.122. The Balaban J connectivity index is 0.000000293. The van der Waals surface area contributed by atoms with Crippen LogP contribution in [0, 0.1) is 0 Å². The van der Waals surface area contributed by atoms with Gasteiger partial charge in [0.25, 0.3) is 6.47 Å². The molecule has 1 saturated carbocycles. The Kier molecular flexibility index (Phi) is 4.47. The minimum atomic E-state index is -0.250. The molecule has 0 aromatic heterocycles. The number of carboxylic acid groups (broad SMARTS) is 1. The van der Waals surface area contributed by atoms with Crippen LogP contribution >= 0.6 is 11.6 Å². The quantitative estimate of drug-likeness (QED) is 0.726. The van der Waals surface area contributed by atoms with Gasteiger partial charge in [-0.25, -0.2) is 0 Å². The predicted octanol–water partition coefficient (Wildman–Crippen LogP) is 3.31. The van der Waals surface area contributed by atoms with Gasteiger partial charge in [-0.05, 0) is 36.5 Å². The van der Waals surface area contributed by atoms with Crippen molar-refractivity contribution in [3.05, 3.63) is 34.9 Å². The highest BCUT2D eigenvalue weighted by atomic mass is 35.5. The van der Waals surface area contributed by atoms with Crippen LogP contribution < -0.4 is 0 Å². The lowest BCUT2D eigenvalue weighted by Gasteiger charge is -2.25. The Hall–Kier alpha value is -1.02. The van der Waals surface area contributed by atoms with Crippen LogP contribution in [-0.2, 0) is 4.79 Å². The third-order valence-corrected chi connectivity index (χ3v) is 2.70. The monoisotopic (exact) mass is 212 g/mol. The molecular formula is C11H13ClO2. The highest BCUT2D eigenvalue weighted by Gasteiger charge is 2.18. The van der Waals surface area contributed by atoms with E-state index in [0.29, 0.717) is 0 Å². The van der Waals surface area contributed by atoms with Crippen molar-refractivity contribution in [1.82, 2.24) is 0 Å². The highest BCUT2D eigenvalue weighted by molar-refractivity contribution is 6.30. The molecule has 1 N–H and O–H groups in total. The molecule has 1 aromatic rings. The molecular weight excluding hydrogens is 200 g/mol. The minimum absolute atomic E-state index is 0.250. The molecule has 76 valence electrons. The maximum atomic E-state index is 8.36. The average molecular weight is 213 g/mol. The summed E-state index contributed by atoms with van der Waals surface area (Å²) in [5.41, 5.74) is 1.46. The number of carbonyl (C=O) groups is 1. The maximum Gasteiger partial charge on any atom is 0.290 e. The van der Waals surface area contributed by atoms with E-state index < -0.39 is 0 Å². The minimum Gasteiger partial charge on any atom is -0.483 e. The molecule has 0 amide bonds. The van der Waals surface area contributed by atoms with E-state index in [4.69, 9.17) is 21.5 Å². The number of hydrogen-bond donors (Lipinski definition) is 1. The number of hydrogen-bond acceptors (Lipinski definition) is 1. The van der Waals surface area contributed by atoms with Crippen molar-refractivity contribution >= 4 is 18.1 Å². The molecule has 0 radical (unpaired) electrons. The van der Waals surface area contributed by atoms with Gasteiger partial charge in [-0.3, -0.25) is 4.79 Å². The van der Waals surface area contributed by atoms with Crippen molar-refractivity contribution in [3.63, 3.8) is 0 Å². The summed E-state index contributed by atoms with van der Waals surface area (Å²) in [5, 5.41) is 7.73. The first-order valence-electron chi connectivity index (χ1n) is 4.61. The zero-order chi connectivity index (χ0) is 10.4. The van der Waals surface area contributed by atoms with E-state index in [9.17, 15) is 0 Å². The van der Waals surface area contributed by atoms with Crippen molar-refractivity contribution in [2.24, 2.45) is 0 Å². The zero-order valence-corrected chi connectivity index (χ0v) is 8.57. The van der Waals surface area contributed by atoms with Gasteiger partial charge in [-0.15, -0.1) is 0 Å². The largest absolute Gasteiger partial charge is 0.483 e. The van der Waals surface area contributed by atoms with Gasteiger partial charge in [0.2, 0.25) is 0 Å². The molecule has 3 heteroatoms. The number of rotatable bonds is 1. The van der Waals surface area contributed by atoms with E-state index in [1.54, 1.807) is 0 Å². The summed E-state index contributed by atoms with van der Waals surface area (Å²) in [7, 11) is 0. The Morgan fingerprint density at radius 3 is 2.14 bits per heavy atom. The summed E-state index contributed by atoms with van der Waals surface area (Å²) in [4.78, 5) is 8.36. The first kappa shape index (κ1) is 11.1. The third kappa shape index (κ3) is 3.04. The molecule has 1 aromatic carbocycles. The SMILES string of the molecule is Clc1ccc(C2CCC2)cc1.O=CO. The molecule has 0 atom stereocenters. The van der Waals surface area contributed by atoms with Gasteiger partial charge in [-0.1, -0.05) is 30.2 Å². The molecule has 0 unspecified atom stereocenters. The van der Waals surface area contributed by atoms with Crippen molar-refractivity contribution in [1.29, 1.82) is 0 Å². The summed E-state index contributed by atoms with van der Waals surface area (Å²) < 4.78 is 0. The first-order valence-corrected chi connectivity index (χ1v) is 4.99. The normalized spacial score (nSPS) is 14.9. The summed E-state index contributed by atoms with van der Waals surface area (Å²) in [6, 6.07) is 8.25. The second-order valence-corrected chi connectivity index (χ2v) is 3.72. The fourth-order valence-electron chi connectivity index (χ4n) is 1.48. The molecule has 0 aliphatic heterocycles. The Bertz CT molecular complexity index is 278. The summed E-state index contributed by atoms with van der Waals surface area (Å²) in [6.07, 6.45) is 4.12. The van der Waals surface area contributed by atoms with E-state index in [-0.39, 0.29) is 6.47 Å². The molecule has 0 heterocycles. The second-order valence-electron chi connectivity index (χ2n) is 3.28. The summed E-state index contributed by atoms with van der Waals surface area (Å²) >= 11 is 5.78. The van der Waals surface area contributed by atoms with E-state index in [1.165, 1.54) is 24.8 Å². The Labute approximate surface area is 88.5 Å². The smallest absolute Gasteiger partial charge is 0.290 e. The molecule has 0 spiro atoms. The summed E-state index contributed by atoms with van der Waals surface area (Å²) in [6.45, 7) is -0.250. The standard InChI is InChI=1S/C10H11Cl.CH2O2/c11-10-6-4-9(5-7-10)8-2-1-3-8;2-1-3/h4-8H,1-3H2;1H,(H,2,3). The van der Waals surface area contributed by atoms with Gasteiger partial charge in [0, 0.05) is 5.02 Å². The highest BCUT2D eigenvalue weighted by Crippen LogP contribution is 2.36. The van der Waals surface area contributed by atoms with Gasteiger partial charge in [0.05, 0.1) is 0 Å². The van der Waals surface area contributed by atoms with E-state index >= 15 is 0 Å². The van der Waals surface area contributed by atoms with Crippen LogP contribution in [0.1, 0.15) is 30.7 Å². The van der Waals surface area contributed by atoms with Crippen LogP contribution in [0.5, 0.6) is 0 Å². The fourth-order valence-corrected chi connectivity index (χ4v) is 1.60. The van der Waals surface area contributed by atoms with Crippen molar-refractivity contribution in [3.8, 4) is 0 Å². The Morgan fingerprint density at radius 2 is 1.79 bits per heavy atom. The lowest BCUT2D eigenvalue weighted by Crippen LogP contribution is -2.07. The van der Waals surface area contributed by atoms with Crippen LogP contribution in [0.3, 0.4) is 0 Å². The molecule has 0 bridgehead atoms. The van der Waals surface area contributed by atoms with E-state index in [2.05, 4.69) is 12.1 Å². The van der Waals surface area contributed by atoms with E-state index in [0.717, 1.165) is 10.9 Å². The lowest BCUT2D eigenvalue weighted by atomic mass is 9.80.